The number of esters is 1. The molecule has 0 aliphatic rings. The van der Waals surface area contributed by atoms with Gasteiger partial charge in [-0.25, -0.2) is 9.18 Å². The second-order valence-corrected chi connectivity index (χ2v) is 1.74. The lowest BCUT2D eigenvalue weighted by atomic mass is 10.4. The Bertz CT molecular complexity index is 194. The van der Waals surface area contributed by atoms with Crippen molar-refractivity contribution in [2.75, 3.05) is 6.61 Å². The molecular formula is C6H6F4O2. The number of carbonyl (C=O) groups is 1. The summed E-state index contributed by atoms with van der Waals surface area (Å²) in [5.41, 5.74) is 0. The molecule has 0 saturated carbocycles. The van der Waals surface area contributed by atoms with Crippen molar-refractivity contribution in [3.63, 3.8) is 0 Å². The average molecular weight is 186 g/mol. The van der Waals surface area contributed by atoms with Crippen molar-refractivity contribution in [2.45, 2.75) is 13.1 Å². The largest absolute Gasteiger partial charge is 0.463 e. The molecule has 0 aromatic rings. The normalized spacial score (nSPS) is 12.9. The molecule has 0 N–H and O–H groups in total. The first-order valence-corrected chi connectivity index (χ1v) is 2.99. The molecule has 0 aromatic carbocycles. The van der Waals surface area contributed by atoms with Gasteiger partial charge in [-0.05, 0) is 6.92 Å². The van der Waals surface area contributed by atoms with Gasteiger partial charge < -0.3 is 4.74 Å². The molecule has 0 amide bonds. The predicted octanol–water partition coefficient (Wildman–Crippen LogP) is 1.97. The number of alkyl halides is 3. The van der Waals surface area contributed by atoms with Gasteiger partial charge in [-0.2, -0.15) is 13.2 Å². The highest BCUT2D eigenvalue weighted by Gasteiger charge is 2.35. The number of hydrogen-bond donors (Lipinski definition) is 0. The molecule has 12 heavy (non-hydrogen) atoms. The maximum atomic E-state index is 11.9. The van der Waals surface area contributed by atoms with Gasteiger partial charge in [0.1, 0.15) is 0 Å². The second-order valence-electron chi connectivity index (χ2n) is 1.74. The summed E-state index contributed by atoms with van der Waals surface area (Å²) in [4.78, 5) is 10.3. The summed E-state index contributed by atoms with van der Waals surface area (Å²) in [5.74, 6) is -3.80. The molecule has 0 radical (unpaired) electrons. The number of carbonyl (C=O) groups excluding carboxylic acids is 1. The van der Waals surface area contributed by atoms with Crippen molar-refractivity contribution >= 4 is 5.97 Å². The highest BCUT2D eigenvalue weighted by molar-refractivity contribution is 5.82. The van der Waals surface area contributed by atoms with Gasteiger partial charge in [-0.3, -0.25) is 0 Å². The SMILES string of the molecule is CCOC(=O)C=C(F)C(F)(F)F. The van der Waals surface area contributed by atoms with E-state index in [2.05, 4.69) is 4.74 Å². The minimum absolute atomic E-state index is 0.0968. The lowest BCUT2D eigenvalue weighted by Gasteiger charge is -2.01. The van der Waals surface area contributed by atoms with E-state index < -0.39 is 18.0 Å². The molecule has 0 aliphatic heterocycles. The van der Waals surface area contributed by atoms with Crippen LogP contribution in [0.2, 0.25) is 0 Å². The van der Waals surface area contributed by atoms with Crippen LogP contribution in [-0.4, -0.2) is 18.8 Å². The summed E-state index contributed by atoms with van der Waals surface area (Å²) in [6, 6.07) is 0. The zero-order chi connectivity index (χ0) is 9.78. The van der Waals surface area contributed by atoms with E-state index in [1.54, 1.807) is 0 Å². The van der Waals surface area contributed by atoms with Gasteiger partial charge in [-0.15, -0.1) is 0 Å². The first-order chi connectivity index (χ1) is 5.38. The highest BCUT2D eigenvalue weighted by atomic mass is 19.4. The first-order valence-electron chi connectivity index (χ1n) is 2.99. The number of halogens is 4. The van der Waals surface area contributed by atoms with Crippen LogP contribution in [0.3, 0.4) is 0 Å². The summed E-state index contributed by atoms with van der Waals surface area (Å²) in [6.07, 6.45) is -5.35. The lowest BCUT2D eigenvalue weighted by molar-refractivity contribution is -0.139. The van der Waals surface area contributed by atoms with Crippen molar-refractivity contribution in [3.05, 3.63) is 11.9 Å². The molecule has 0 atom stereocenters. The third kappa shape index (κ3) is 3.95. The van der Waals surface area contributed by atoms with E-state index in [9.17, 15) is 22.4 Å². The molecule has 70 valence electrons. The average Bonchev–Trinajstić information content (AvgIpc) is 1.85. The summed E-state index contributed by atoms with van der Waals surface area (Å²) in [7, 11) is 0. The van der Waals surface area contributed by atoms with Gasteiger partial charge >= 0.3 is 12.1 Å². The first kappa shape index (κ1) is 10.9. The van der Waals surface area contributed by atoms with Crippen molar-refractivity contribution in [1.29, 1.82) is 0 Å². The van der Waals surface area contributed by atoms with Crippen LogP contribution in [0.4, 0.5) is 17.6 Å². The number of hydrogen-bond acceptors (Lipinski definition) is 2. The summed E-state index contributed by atoms with van der Waals surface area (Å²) in [6.45, 7) is 1.30. The van der Waals surface area contributed by atoms with E-state index in [-0.39, 0.29) is 12.7 Å². The molecule has 6 heteroatoms. The van der Waals surface area contributed by atoms with Gasteiger partial charge in [0.25, 0.3) is 0 Å². The van der Waals surface area contributed by atoms with Crippen LogP contribution < -0.4 is 0 Å². The molecule has 0 saturated heterocycles. The topological polar surface area (TPSA) is 26.3 Å². The zero-order valence-corrected chi connectivity index (χ0v) is 6.11. The van der Waals surface area contributed by atoms with Gasteiger partial charge in [0.15, 0.2) is 0 Å². The second kappa shape index (κ2) is 4.08. The molecule has 0 aromatic heterocycles. The van der Waals surface area contributed by atoms with Gasteiger partial charge in [-0.1, -0.05) is 0 Å². The number of rotatable bonds is 2. The van der Waals surface area contributed by atoms with E-state index in [1.165, 1.54) is 6.92 Å². The molecule has 0 bridgehead atoms. The van der Waals surface area contributed by atoms with E-state index in [4.69, 9.17) is 0 Å². The molecule has 0 spiro atoms. The minimum Gasteiger partial charge on any atom is -0.463 e. The maximum Gasteiger partial charge on any atom is 0.443 e. The Morgan fingerprint density at radius 3 is 2.33 bits per heavy atom. The van der Waals surface area contributed by atoms with Crippen molar-refractivity contribution in [1.82, 2.24) is 0 Å². The monoisotopic (exact) mass is 186 g/mol. The Morgan fingerprint density at radius 1 is 1.50 bits per heavy atom. The fourth-order valence-corrected chi connectivity index (χ4v) is 0.369. The fraction of sp³-hybridized carbons (Fsp3) is 0.500. The van der Waals surface area contributed by atoms with E-state index in [0.29, 0.717) is 0 Å². The van der Waals surface area contributed by atoms with Crippen LogP contribution in [0.15, 0.2) is 11.9 Å². The standard InChI is InChI=1S/C6H6F4O2/c1-2-12-5(11)3-4(7)6(8,9)10/h3H,2H2,1H3. The molecule has 0 heterocycles. The van der Waals surface area contributed by atoms with Crippen LogP contribution in [0, 0.1) is 0 Å². The summed E-state index contributed by atoms with van der Waals surface area (Å²) in [5, 5.41) is 0. The highest BCUT2D eigenvalue weighted by Crippen LogP contribution is 2.26. The third-order valence-corrected chi connectivity index (χ3v) is 0.802. The Balaban J connectivity index is 4.26. The molecule has 0 unspecified atom stereocenters. The van der Waals surface area contributed by atoms with E-state index in [0.717, 1.165) is 0 Å². The minimum atomic E-state index is -5.12. The van der Waals surface area contributed by atoms with Crippen molar-refractivity contribution < 1.29 is 27.1 Å². The molecule has 0 rings (SSSR count). The van der Waals surface area contributed by atoms with Gasteiger partial charge in [0.05, 0.1) is 12.7 Å². The summed E-state index contributed by atoms with van der Waals surface area (Å²) < 4.78 is 50.2. The molecule has 0 fully saturated rings. The Morgan fingerprint density at radius 2 is 2.00 bits per heavy atom. The van der Waals surface area contributed by atoms with Crippen LogP contribution >= 0.6 is 0 Å². The third-order valence-electron chi connectivity index (χ3n) is 0.802. The van der Waals surface area contributed by atoms with Crippen molar-refractivity contribution in [3.8, 4) is 0 Å². The number of ether oxygens (including phenoxy) is 1. The van der Waals surface area contributed by atoms with E-state index in [1.807, 2.05) is 0 Å². The Labute approximate surface area is 65.8 Å². The maximum absolute atomic E-state index is 11.9. The van der Waals surface area contributed by atoms with Gasteiger partial charge in [0.2, 0.25) is 5.83 Å². The quantitative estimate of drug-likeness (QED) is 0.374. The van der Waals surface area contributed by atoms with E-state index >= 15 is 0 Å². The van der Waals surface area contributed by atoms with Gasteiger partial charge in [0, 0.05) is 0 Å². The smallest absolute Gasteiger partial charge is 0.443 e. The molecule has 2 nitrogen and oxygen atoms in total. The number of allylic oxidation sites excluding steroid dienone is 1. The lowest BCUT2D eigenvalue weighted by Crippen LogP contribution is -2.11. The zero-order valence-electron chi connectivity index (χ0n) is 6.11. The Hall–Kier alpha value is -1.07. The van der Waals surface area contributed by atoms with Crippen LogP contribution in [0.1, 0.15) is 6.92 Å². The van der Waals surface area contributed by atoms with Crippen LogP contribution in [0.5, 0.6) is 0 Å². The fourth-order valence-electron chi connectivity index (χ4n) is 0.369. The summed E-state index contributed by atoms with van der Waals surface area (Å²) >= 11 is 0. The Kier molecular flexibility index (Phi) is 3.72. The van der Waals surface area contributed by atoms with Crippen molar-refractivity contribution in [2.24, 2.45) is 0 Å². The molecular weight excluding hydrogens is 180 g/mol. The predicted molar refractivity (Wildman–Crippen MR) is 31.9 cm³/mol. The van der Waals surface area contributed by atoms with Crippen LogP contribution in [-0.2, 0) is 9.53 Å². The van der Waals surface area contributed by atoms with Crippen LogP contribution in [0.25, 0.3) is 0 Å². The molecule has 0 aliphatic carbocycles.